The summed E-state index contributed by atoms with van der Waals surface area (Å²) in [6.07, 6.45) is 2.25. The van der Waals surface area contributed by atoms with Crippen molar-refractivity contribution in [3.05, 3.63) is 70.4 Å². The monoisotopic (exact) mass is 487 g/mol. The fourth-order valence-corrected chi connectivity index (χ4v) is 4.63. The fourth-order valence-electron chi connectivity index (χ4n) is 3.68. The number of rotatable bonds is 9. The maximum absolute atomic E-state index is 13.3. The third-order valence-corrected chi connectivity index (χ3v) is 6.39. The predicted octanol–water partition coefficient (Wildman–Crippen LogP) is 7.55. The lowest BCUT2D eigenvalue weighted by molar-refractivity contribution is -0.137. The lowest BCUT2D eigenvalue weighted by Crippen LogP contribution is -2.06. The van der Waals surface area contributed by atoms with Crippen molar-refractivity contribution in [3.63, 3.8) is 0 Å². The molecule has 0 radical (unpaired) electrons. The van der Waals surface area contributed by atoms with Crippen LogP contribution in [-0.2, 0) is 12.6 Å². The number of aromatic nitrogens is 1. The van der Waals surface area contributed by atoms with Gasteiger partial charge < -0.3 is 10.8 Å². The zero-order valence-corrected chi connectivity index (χ0v) is 20.0. The molecule has 0 saturated carbocycles. The Morgan fingerprint density at radius 3 is 2.59 bits per heavy atom. The number of allylic oxidation sites excluding steroid dienone is 2. The molecular weight excluding hydrogens is 459 g/mol. The van der Waals surface area contributed by atoms with Crippen molar-refractivity contribution in [3.8, 4) is 27.4 Å². The van der Waals surface area contributed by atoms with E-state index >= 15 is 0 Å². The molecule has 2 aromatic heterocycles. The summed E-state index contributed by atoms with van der Waals surface area (Å²) in [5.74, 6) is -0.313. The first-order valence-electron chi connectivity index (χ1n) is 11.1. The summed E-state index contributed by atoms with van der Waals surface area (Å²) >= 11 is 1.54. The summed E-state index contributed by atoms with van der Waals surface area (Å²) in [6.45, 7) is 3.80. The first-order chi connectivity index (χ1) is 16.1. The van der Waals surface area contributed by atoms with Crippen LogP contribution in [0.3, 0.4) is 0 Å². The molecule has 0 amide bonds. The minimum atomic E-state index is -4.56. The van der Waals surface area contributed by atoms with E-state index in [9.17, 15) is 18.3 Å². The maximum Gasteiger partial charge on any atom is 0.416 e. The maximum atomic E-state index is 13.3. The van der Waals surface area contributed by atoms with Crippen LogP contribution in [0.15, 0.2) is 53.6 Å². The van der Waals surface area contributed by atoms with E-state index in [4.69, 9.17) is 11.1 Å². The average Bonchev–Trinajstić information content (AvgIpc) is 3.24. The van der Waals surface area contributed by atoms with Gasteiger partial charge in [0.1, 0.15) is 5.75 Å². The Kier molecular flexibility index (Phi) is 8.15. The van der Waals surface area contributed by atoms with Crippen LogP contribution >= 0.6 is 11.3 Å². The second kappa shape index (κ2) is 10.9. The number of hydrogen-bond donors (Lipinski definition) is 3. The number of aryl methyl sites for hydroxylation is 1. The summed E-state index contributed by atoms with van der Waals surface area (Å²) in [4.78, 5) is 5.40. The number of nitrogens with zero attached hydrogens (tertiary/aromatic N) is 1. The molecule has 0 unspecified atom stereocenters. The number of phenols is 1. The van der Waals surface area contributed by atoms with Gasteiger partial charge in [-0.25, -0.2) is 4.98 Å². The van der Waals surface area contributed by atoms with Gasteiger partial charge in [0.05, 0.1) is 22.7 Å². The van der Waals surface area contributed by atoms with E-state index in [1.54, 1.807) is 19.1 Å². The SMILES string of the molecule is CCCCCCc1ccsc1-c1cc(C(=N)C=C(C)N)nc(-c2cc(C(F)(F)F)ccc2O)c1. The van der Waals surface area contributed by atoms with Crippen LogP contribution in [0.1, 0.15) is 56.4 Å². The summed E-state index contributed by atoms with van der Waals surface area (Å²) in [5, 5.41) is 20.8. The van der Waals surface area contributed by atoms with Crippen LogP contribution in [0, 0.1) is 5.41 Å². The number of benzene rings is 1. The van der Waals surface area contributed by atoms with Gasteiger partial charge in [-0.2, -0.15) is 13.2 Å². The van der Waals surface area contributed by atoms with Crippen molar-refractivity contribution in [2.75, 3.05) is 0 Å². The highest BCUT2D eigenvalue weighted by atomic mass is 32.1. The molecule has 3 rings (SSSR count). The Morgan fingerprint density at radius 1 is 1.15 bits per heavy atom. The number of halogens is 3. The van der Waals surface area contributed by atoms with Crippen LogP contribution in [0.4, 0.5) is 13.2 Å². The van der Waals surface area contributed by atoms with Crippen LogP contribution in [0.25, 0.3) is 21.7 Å². The molecule has 2 heterocycles. The second-order valence-corrected chi connectivity index (χ2v) is 9.16. The van der Waals surface area contributed by atoms with E-state index in [0.717, 1.165) is 59.9 Å². The topological polar surface area (TPSA) is 83.0 Å². The number of hydrogen-bond acceptors (Lipinski definition) is 5. The predicted molar refractivity (Wildman–Crippen MR) is 132 cm³/mol. The van der Waals surface area contributed by atoms with Crippen molar-refractivity contribution in [1.82, 2.24) is 4.98 Å². The quantitative estimate of drug-likeness (QED) is 0.215. The largest absolute Gasteiger partial charge is 0.507 e. The standard InChI is InChI=1S/C26H28F3N3OS/c1-3-4-5-6-7-17-10-11-34-25(17)18-13-22(32-23(14-18)21(31)12-16(2)30)20-15-19(26(27,28)29)8-9-24(20)33/h8-15,31,33H,3-7,30H2,1-2H3. The molecule has 34 heavy (non-hydrogen) atoms. The molecule has 0 bridgehead atoms. The van der Waals surface area contributed by atoms with Gasteiger partial charge in [-0.05, 0) is 78.7 Å². The third-order valence-electron chi connectivity index (χ3n) is 5.38. The van der Waals surface area contributed by atoms with Crippen LogP contribution < -0.4 is 5.73 Å². The molecule has 1 aromatic carbocycles. The van der Waals surface area contributed by atoms with Crippen LogP contribution in [0.2, 0.25) is 0 Å². The number of thiophene rings is 1. The van der Waals surface area contributed by atoms with E-state index in [1.807, 2.05) is 5.38 Å². The molecule has 0 atom stereocenters. The van der Waals surface area contributed by atoms with Crippen molar-refractivity contribution >= 4 is 17.0 Å². The van der Waals surface area contributed by atoms with Gasteiger partial charge in [-0.1, -0.05) is 26.2 Å². The van der Waals surface area contributed by atoms with Gasteiger partial charge in [-0.15, -0.1) is 11.3 Å². The Labute approximate surface area is 201 Å². The number of unbranched alkanes of at least 4 members (excludes halogenated alkanes) is 3. The molecule has 3 aromatic rings. The molecule has 4 nitrogen and oxygen atoms in total. The third kappa shape index (κ3) is 6.26. The zero-order valence-electron chi connectivity index (χ0n) is 19.2. The molecule has 0 spiro atoms. The fraction of sp³-hybridized carbons (Fsp3) is 0.308. The zero-order chi connectivity index (χ0) is 24.9. The van der Waals surface area contributed by atoms with Crippen LogP contribution in [0.5, 0.6) is 5.75 Å². The van der Waals surface area contributed by atoms with Crippen molar-refractivity contribution in [1.29, 1.82) is 5.41 Å². The second-order valence-electron chi connectivity index (χ2n) is 8.24. The molecule has 8 heteroatoms. The molecule has 4 N–H and O–H groups in total. The number of phenolic OH excluding ortho intramolecular Hbond substituents is 1. The van der Waals surface area contributed by atoms with E-state index in [2.05, 4.69) is 18.0 Å². The average molecular weight is 488 g/mol. The van der Waals surface area contributed by atoms with Gasteiger partial charge >= 0.3 is 6.18 Å². The molecule has 0 aliphatic heterocycles. The summed E-state index contributed by atoms with van der Waals surface area (Å²) < 4.78 is 40.0. The van der Waals surface area contributed by atoms with E-state index in [1.165, 1.54) is 23.8 Å². The smallest absolute Gasteiger partial charge is 0.416 e. The Morgan fingerprint density at radius 2 is 1.91 bits per heavy atom. The van der Waals surface area contributed by atoms with E-state index < -0.39 is 11.7 Å². The molecule has 0 aliphatic rings. The van der Waals surface area contributed by atoms with Gasteiger partial charge in [-0.3, -0.25) is 5.41 Å². The van der Waals surface area contributed by atoms with E-state index in [0.29, 0.717) is 5.70 Å². The molecule has 0 aliphatic carbocycles. The Balaban J connectivity index is 2.13. The van der Waals surface area contributed by atoms with Gasteiger partial charge in [0.2, 0.25) is 0 Å². The molecular formula is C26H28F3N3OS. The number of alkyl halides is 3. The minimum Gasteiger partial charge on any atom is -0.507 e. The normalized spacial score (nSPS) is 12.2. The number of aromatic hydroxyl groups is 1. The van der Waals surface area contributed by atoms with Gasteiger partial charge in [0.15, 0.2) is 0 Å². The molecule has 0 saturated heterocycles. The van der Waals surface area contributed by atoms with Gasteiger partial charge in [0.25, 0.3) is 0 Å². The number of nitrogens with one attached hydrogen (secondary N) is 1. The summed E-state index contributed by atoms with van der Waals surface area (Å²) in [5.41, 5.74) is 7.58. The molecule has 180 valence electrons. The van der Waals surface area contributed by atoms with Crippen molar-refractivity contribution < 1.29 is 18.3 Å². The Hall–Kier alpha value is -3.13. The van der Waals surface area contributed by atoms with Crippen molar-refractivity contribution in [2.24, 2.45) is 5.73 Å². The molecule has 0 fully saturated rings. The number of nitrogens with two attached hydrogens (primary N) is 1. The lowest BCUT2D eigenvalue weighted by atomic mass is 9.99. The number of pyridine rings is 1. The van der Waals surface area contributed by atoms with Gasteiger partial charge in [0, 0.05) is 16.1 Å². The highest BCUT2D eigenvalue weighted by Gasteiger charge is 2.31. The minimum absolute atomic E-state index is 0.0376. The van der Waals surface area contributed by atoms with Crippen LogP contribution in [-0.4, -0.2) is 15.8 Å². The Bertz CT molecular complexity index is 1190. The van der Waals surface area contributed by atoms with E-state index in [-0.39, 0.29) is 28.4 Å². The highest BCUT2D eigenvalue weighted by Crippen LogP contribution is 2.39. The summed E-state index contributed by atoms with van der Waals surface area (Å²) in [7, 11) is 0. The first-order valence-corrected chi connectivity index (χ1v) is 12.0. The highest BCUT2D eigenvalue weighted by molar-refractivity contribution is 7.13. The first kappa shape index (κ1) is 25.5. The summed E-state index contributed by atoms with van der Waals surface area (Å²) in [6, 6.07) is 8.22. The van der Waals surface area contributed by atoms with Crippen molar-refractivity contribution in [2.45, 2.75) is 52.1 Å². The lowest BCUT2D eigenvalue weighted by Gasteiger charge is -2.13.